The fraction of sp³-hybridized carbons (Fsp3) is 0.0526. The molecule has 3 rings (SSSR count). The van der Waals surface area contributed by atoms with Gasteiger partial charge in [0.15, 0.2) is 5.82 Å². The van der Waals surface area contributed by atoms with Crippen LogP contribution in [0.1, 0.15) is 5.56 Å². The van der Waals surface area contributed by atoms with E-state index in [9.17, 15) is 5.11 Å². The van der Waals surface area contributed by atoms with E-state index in [1.54, 1.807) is 24.4 Å². The first kappa shape index (κ1) is 14.0. The number of aromatic hydroxyl groups is 1. The number of rotatable bonds is 4. The number of hydrogen-bond acceptors (Lipinski definition) is 3. The Morgan fingerprint density at radius 3 is 2.73 bits per heavy atom. The molecule has 1 aromatic heterocycles. The van der Waals surface area contributed by atoms with E-state index >= 15 is 0 Å². The predicted molar refractivity (Wildman–Crippen MR) is 88.5 cm³/mol. The maximum absolute atomic E-state index is 9.62. The number of nitrogens with zero attached hydrogens (tertiary/aromatic N) is 2. The van der Waals surface area contributed by atoms with Crippen LogP contribution in [0, 0.1) is 0 Å². The van der Waals surface area contributed by atoms with Crippen LogP contribution in [0.25, 0.3) is 22.6 Å². The van der Waals surface area contributed by atoms with Crippen LogP contribution in [0.5, 0.6) is 5.75 Å². The highest BCUT2D eigenvalue weighted by molar-refractivity contribution is 5.66. The third-order valence-corrected chi connectivity index (χ3v) is 3.42. The molecular formula is C19H16N2O. The highest BCUT2D eigenvalue weighted by Gasteiger charge is 2.08. The molecule has 0 saturated carbocycles. The molecule has 0 aliphatic rings. The highest BCUT2D eigenvalue weighted by Crippen LogP contribution is 2.25. The first-order valence-corrected chi connectivity index (χ1v) is 7.09. The standard InChI is InChI=1S/C19H16N2O/c1-2-6-14-7-3-4-10-17(14)19-20-12-11-18(21-19)15-8-5-9-16(22)13-15/h2-5,7-13,22H,1,6H2. The zero-order valence-electron chi connectivity index (χ0n) is 12.1. The number of benzene rings is 2. The number of allylic oxidation sites excluding steroid dienone is 1. The highest BCUT2D eigenvalue weighted by atomic mass is 16.3. The molecule has 1 heterocycles. The van der Waals surface area contributed by atoms with Crippen LogP contribution in [0.4, 0.5) is 0 Å². The Hall–Kier alpha value is -2.94. The molecule has 108 valence electrons. The first-order valence-electron chi connectivity index (χ1n) is 7.09. The summed E-state index contributed by atoms with van der Waals surface area (Å²) < 4.78 is 0. The van der Waals surface area contributed by atoms with Gasteiger partial charge in [-0.05, 0) is 30.2 Å². The minimum atomic E-state index is 0.227. The number of phenolic OH excluding ortho intramolecular Hbond substituents is 1. The van der Waals surface area contributed by atoms with Crippen molar-refractivity contribution in [2.75, 3.05) is 0 Å². The Bertz CT molecular complexity index is 812. The van der Waals surface area contributed by atoms with E-state index in [4.69, 9.17) is 0 Å². The van der Waals surface area contributed by atoms with Gasteiger partial charge in [0, 0.05) is 17.3 Å². The second-order valence-electron chi connectivity index (χ2n) is 4.97. The van der Waals surface area contributed by atoms with Gasteiger partial charge < -0.3 is 5.11 Å². The van der Waals surface area contributed by atoms with Crippen molar-refractivity contribution in [3.63, 3.8) is 0 Å². The van der Waals surface area contributed by atoms with Crippen molar-refractivity contribution in [3.8, 4) is 28.4 Å². The summed E-state index contributed by atoms with van der Waals surface area (Å²) >= 11 is 0. The van der Waals surface area contributed by atoms with Crippen LogP contribution in [-0.4, -0.2) is 15.1 Å². The summed E-state index contributed by atoms with van der Waals surface area (Å²) in [4.78, 5) is 9.03. The Labute approximate surface area is 129 Å². The topological polar surface area (TPSA) is 46.0 Å². The van der Waals surface area contributed by atoms with Gasteiger partial charge in [0.25, 0.3) is 0 Å². The lowest BCUT2D eigenvalue weighted by molar-refractivity contribution is 0.475. The van der Waals surface area contributed by atoms with Crippen LogP contribution in [0.15, 0.2) is 73.4 Å². The predicted octanol–water partition coefficient (Wildman–Crippen LogP) is 4.24. The number of phenols is 1. The number of hydrogen-bond donors (Lipinski definition) is 1. The average Bonchev–Trinajstić information content (AvgIpc) is 2.56. The SMILES string of the molecule is C=CCc1ccccc1-c1nccc(-c2cccc(O)c2)n1. The van der Waals surface area contributed by atoms with Crippen LogP contribution < -0.4 is 0 Å². The molecular weight excluding hydrogens is 272 g/mol. The summed E-state index contributed by atoms with van der Waals surface area (Å²) in [7, 11) is 0. The smallest absolute Gasteiger partial charge is 0.160 e. The lowest BCUT2D eigenvalue weighted by atomic mass is 10.0. The molecule has 0 unspecified atom stereocenters. The Morgan fingerprint density at radius 2 is 1.91 bits per heavy atom. The maximum Gasteiger partial charge on any atom is 0.160 e. The maximum atomic E-state index is 9.62. The molecule has 0 atom stereocenters. The van der Waals surface area contributed by atoms with Crippen molar-refractivity contribution in [1.82, 2.24) is 9.97 Å². The molecule has 3 nitrogen and oxygen atoms in total. The minimum Gasteiger partial charge on any atom is -0.508 e. The van der Waals surface area contributed by atoms with Gasteiger partial charge in [0.05, 0.1) is 5.69 Å². The molecule has 2 aromatic carbocycles. The molecule has 0 aliphatic carbocycles. The van der Waals surface area contributed by atoms with Gasteiger partial charge in [-0.15, -0.1) is 6.58 Å². The van der Waals surface area contributed by atoms with Gasteiger partial charge >= 0.3 is 0 Å². The van der Waals surface area contributed by atoms with Crippen molar-refractivity contribution in [1.29, 1.82) is 0 Å². The fourth-order valence-corrected chi connectivity index (χ4v) is 2.39. The van der Waals surface area contributed by atoms with E-state index in [1.807, 2.05) is 36.4 Å². The largest absolute Gasteiger partial charge is 0.508 e. The lowest BCUT2D eigenvalue weighted by Gasteiger charge is -2.08. The second kappa shape index (κ2) is 6.22. The van der Waals surface area contributed by atoms with Gasteiger partial charge in [-0.25, -0.2) is 9.97 Å². The molecule has 0 aliphatic heterocycles. The van der Waals surface area contributed by atoms with E-state index in [2.05, 4.69) is 22.6 Å². The normalized spacial score (nSPS) is 10.4. The summed E-state index contributed by atoms with van der Waals surface area (Å²) in [6.45, 7) is 3.80. The van der Waals surface area contributed by atoms with Crippen molar-refractivity contribution >= 4 is 0 Å². The van der Waals surface area contributed by atoms with Gasteiger partial charge in [-0.3, -0.25) is 0 Å². The molecule has 0 amide bonds. The zero-order valence-corrected chi connectivity index (χ0v) is 12.1. The minimum absolute atomic E-state index is 0.227. The Balaban J connectivity index is 2.07. The van der Waals surface area contributed by atoms with Crippen LogP contribution in [0.2, 0.25) is 0 Å². The molecule has 0 fully saturated rings. The second-order valence-corrected chi connectivity index (χ2v) is 4.97. The Morgan fingerprint density at radius 1 is 1.05 bits per heavy atom. The van der Waals surface area contributed by atoms with E-state index in [0.717, 1.165) is 28.8 Å². The summed E-state index contributed by atoms with van der Waals surface area (Å²) in [6, 6.07) is 17.0. The monoisotopic (exact) mass is 288 g/mol. The van der Waals surface area contributed by atoms with Crippen molar-refractivity contribution in [2.24, 2.45) is 0 Å². The van der Waals surface area contributed by atoms with Gasteiger partial charge in [-0.2, -0.15) is 0 Å². The zero-order chi connectivity index (χ0) is 15.4. The molecule has 0 radical (unpaired) electrons. The summed E-state index contributed by atoms with van der Waals surface area (Å²) in [5, 5.41) is 9.62. The van der Waals surface area contributed by atoms with Crippen molar-refractivity contribution in [2.45, 2.75) is 6.42 Å². The summed E-state index contributed by atoms with van der Waals surface area (Å²) in [6.07, 6.45) is 4.39. The van der Waals surface area contributed by atoms with E-state index in [0.29, 0.717) is 5.82 Å². The molecule has 0 bridgehead atoms. The molecule has 3 heteroatoms. The summed E-state index contributed by atoms with van der Waals surface area (Å²) in [5.41, 5.74) is 3.80. The quantitative estimate of drug-likeness (QED) is 0.730. The van der Waals surface area contributed by atoms with Crippen molar-refractivity contribution in [3.05, 3.63) is 79.0 Å². The van der Waals surface area contributed by atoms with Gasteiger partial charge in [-0.1, -0.05) is 42.5 Å². The summed E-state index contributed by atoms with van der Waals surface area (Å²) in [5.74, 6) is 0.906. The van der Waals surface area contributed by atoms with Gasteiger partial charge in [0.2, 0.25) is 0 Å². The van der Waals surface area contributed by atoms with E-state index in [-0.39, 0.29) is 5.75 Å². The van der Waals surface area contributed by atoms with Crippen LogP contribution in [-0.2, 0) is 6.42 Å². The van der Waals surface area contributed by atoms with Crippen LogP contribution in [0.3, 0.4) is 0 Å². The fourth-order valence-electron chi connectivity index (χ4n) is 2.39. The molecule has 0 spiro atoms. The van der Waals surface area contributed by atoms with E-state index < -0.39 is 0 Å². The molecule has 3 aromatic rings. The third kappa shape index (κ3) is 2.88. The van der Waals surface area contributed by atoms with Crippen molar-refractivity contribution < 1.29 is 5.11 Å². The molecule has 0 saturated heterocycles. The average molecular weight is 288 g/mol. The van der Waals surface area contributed by atoms with Crippen LogP contribution >= 0.6 is 0 Å². The third-order valence-electron chi connectivity index (χ3n) is 3.42. The Kier molecular flexibility index (Phi) is 3.97. The number of aromatic nitrogens is 2. The van der Waals surface area contributed by atoms with Gasteiger partial charge in [0.1, 0.15) is 5.75 Å². The first-order chi connectivity index (χ1) is 10.8. The molecule has 22 heavy (non-hydrogen) atoms. The lowest BCUT2D eigenvalue weighted by Crippen LogP contribution is -1.95. The molecule has 1 N–H and O–H groups in total. The van der Waals surface area contributed by atoms with E-state index in [1.165, 1.54) is 0 Å².